The Morgan fingerprint density at radius 3 is 2.00 bits per heavy atom. The van der Waals surface area contributed by atoms with E-state index in [9.17, 15) is 40.5 Å². The molecule has 232 valence electrons. The molecule has 0 aromatic heterocycles. The largest absolute Gasteiger partial charge is 0.479 e. The van der Waals surface area contributed by atoms with Crippen molar-refractivity contribution in [2.45, 2.75) is 112 Å². The summed E-state index contributed by atoms with van der Waals surface area (Å²) in [7, 11) is 1.36. The Bertz CT molecular complexity index is 789. The zero-order valence-corrected chi connectivity index (χ0v) is 22.0. The lowest BCUT2D eigenvalue weighted by Gasteiger charge is -2.45. The van der Waals surface area contributed by atoms with Crippen LogP contribution in [0.4, 0.5) is 0 Å². The summed E-state index contributed by atoms with van der Waals surface area (Å²) in [6.45, 7) is -0.661. The SMILES string of the molecule is COC1CC(O[C@H]2C(O)CC(O[C@H]3C(O)CC(OC4COC[C@H](O)C4)OC3CO)OC2C(=O)O)OC(CO)[C@H]1O. The maximum absolute atomic E-state index is 12.0. The summed E-state index contributed by atoms with van der Waals surface area (Å²) in [5.41, 5.74) is 0. The number of methoxy groups -OCH3 is 1. The molecule has 4 aliphatic rings. The second-order valence-corrected chi connectivity index (χ2v) is 10.4. The quantitative estimate of drug-likeness (QED) is 0.132. The smallest absolute Gasteiger partial charge is 0.335 e. The van der Waals surface area contributed by atoms with Crippen LogP contribution in [-0.2, 0) is 42.7 Å². The summed E-state index contributed by atoms with van der Waals surface area (Å²) in [5, 5.41) is 70.7. The molecular formula is C24H40O16. The number of rotatable bonds is 10. The van der Waals surface area contributed by atoms with Crippen LogP contribution in [0, 0.1) is 0 Å². The van der Waals surface area contributed by atoms with E-state index < -0.39 is 105 Å². The van der Waals surface area contributed by atoms with E-state index in [2.05, 4.69) is 0 Å². The van der Waals surface area contributed by atoms with Crippen LogP contribution >= 0.6 is 0 Å². The topological polar surface area (TPSA) is 233 Å². The number of hydrogen-bond donors (Lipinski definition) is 7. The average molecular weight is 585 g/mol. The maximum atomic E-state index is 12.0. The third-order valence-electron chi connectivity index (χ3n) is 7.45. The third kappa shape index (κ3) is 7.64. The molecule has 4 saturated heterocycles. The van der Waals surface area contributed by atoms with Gasteiger partial charge in [-0.05, 0) is 0 Å². The van der Waals surface area contributed by atoms with Crippen molar-refractivity contribution in [3.63, 3.8) is 0 Å². The van der Waals surface area contributed by atoms with Crippen LogP contribution in [0.2, 0.25) is 0 Å². The molecule has 0 aromatic rings. The van der Waals surface area contributed by atoms with E-state index in [1.807, 2.05) is 0 Å². The van der Waals surface area contributed by atoms with E-state index in [-0.39, 0.29) is 32.5 Å². The van der Waals surface area contributed by atoms with Gasteiger partial charge in [-0.25, -0.2) is 4.79 Å². The molecule has 4 fully saturated rings. The molecule has 0 amide bonds. The number of carboxylic acids is 1. The second kappa shape index (κ2) is 14.4. The molecule has 4 rings (SSSR count). The molecule has 40 heavy (non-hydrogen) atoms. The van der Waals surface area contributed by atoms with Crippen LogP contribution in [-0.4, -0.2) is 161 Å². The van der Waals surface area contributed by atoms with Crippen molar-refractivity contribution < 1.29 is 78.4 Å². The number of aliphatic carboxylic acids is 1. The Kier molecular flexibility index (Phi) is 11.5. The molecule has 7 N–H and O–H groups in total. The monoisotopic (exact) mass is 584 g/mol. The fourth-order valence-corrected chi connectivity index (χ4v) is 5.41. The molecule has 0 aliphatic carbocycles. The fraction of sp³-hybridized carbons (Fsp3) is 0.958. The van der Waals surface area contributed by atoms with Crippen LogP contribution in [0.3, 0.4) is 0 Å². The highest BCUT2D eigenvalue weighted by Crippen LogP contribution is 2.33. The van der Waals surface area contributed by atoms with Gasteiger partial charge in [0.2, 0.25) is 0 Å². The van der Waals surface area contributed by atoms with Crippen LogP contribution in [0.25, 0.3) is 0 Å². The number of aliphatic hydroxyl groups excluding tert-OH is 6. The van der Waals surface area contributed by atoms with Gasteiger partial charge in [0.25, 0.3) is 0 Å². The lowest BCUT2D eigenvalue weighted by molar-refractivity contribution is -0.340. The van der Waals surface area contributed by atoms with Gasteiger partial charge in [0.05, 0.1) is 56.9 Å². The van der Waals surface area contributed by atoms with Crippen molar-refractivity contribution in [1.82, 2.24) is 0 Å². The standard InChI is InChI=1S/C24H40O16/c1-33-14-5-19(36-15(6-25)20(14)30)39-22-13(29)4-18(40-23(22)24(31)32)38-21-12(28)3-17(37-16(21)7-26)35-11-2-10(27)8-34-9-11/h10-23,25-30H,2-9H2,1H3,(H,31,32)/t10-,11?,12?,13?,14?,15?,16?,17?,18?,19?,20+,21+,22+,23?/m1/s1. The zero-order valence-electron chi connectivity index (χ0n) is 22.0. The van der Waals surface area contributed by atoms with Gasteiger partial charge in [0.15, 0.2) is 25.0 Å². The first-order valence-corrected chi connectivity index (χ1v) is 13.3. The molecule has 16 nitrogen and oxygen atoms in total. The van der Waals surface area contributed by atoms with E-state index in [1.165, 1.54) is 7.11 Å². The molecule has 4 heterocycles. The Hall–Kier alpha value is -1.09. The van der Waals surface area contributed by atoms with Crippen molar-refractivity contribution in [2.24, 2.45) is 0 Å². The van der Waals surface area contributed by atoms with Crippen molar-refractivity contribution in [2.75, 3.05) is 33.5 Å². The van der Waals surface area contributed by atoms with E-state index in [0.29, 0.717) is 6.42 Å². The summed E-state index contributed by atoms with van der Waals surface area (Å²) >= 11 is 0. The van der Waals surface area contributed by atoms with Gasteiger partial charge in [0.1, 0.15) is 30.5 Å². The molecule has 0 aromatic carbocycles. The number of carbonyl (C=O) groups is 1. The zero-order chi connectivity index (χ0) is 29.0. The normalized spacial score (nSPS) is 46.7. The highest BCUT2D eigenvalue weighted by atomic mass is 16.7. The Morgan fingerprint density at radius 2 is 1.38 bits per heavy atom. The number of hydrogen-bond acceptors (Lipinski definition) is 15. The predicted molar refractivity (Wildman–Crippen MR) is 127 cm³/mol. The Balaban J connectivity index is 1.36. The van der Waals surface area contributed by atoms with Gasteiger partial charge < -0.3 is 73.6 Å². The maximum Gasteiger partial charge on any atom is 0.335 e. The van der Waals surface area contributed by atoms with Gasteiger partial charge in [0, 0.05) is 32.8 Å². The van der Waals surface area contributed by atoms with Crippen molar-refractivity contribution in [3.8, 4) is 0 Å². The summed E-state index contributed by atoms with van der Waals surface area (Å²) in [6.07, 6.45) is -15.3. The summed E-state index contributed by atoms with van der Waals surface area (Å²) < 4.78 is 44.6. The first-order chi connectivity index (χ1) is 19.1. The molecule has 0 spiro atoms. The first-order valence-electron chi connectivity index (χ1n) is 13.3. The molecule has 14 atom stereocenters. The number of aliphatic hydroxyl groups is 6. The molecule has 10 unspecified atom stereocenters. The molecule has 0 saturated carbocycles. The van der Waals surface area contributed by atoms with Gasteiger partial charge in [-0.1, -0.05) is 0 Å². The van der Waals surface area contributed by atoms with Crippen LogP contribution in [0.15, 0.2) is 0 Å². The summed E-state index contributed by atoms with van der Waals surface area (Å²) in [6, 6.07) is 0. The minimum Gasteiger partial charge on any atom is -0.479 e. The molecule has 0 radical (unpaired) electrons. The molecule has 0 bridgehead atoms. The van der Waals surface area contributed by atoms with E-state index in [4.69, 9.17) is 37.9 Å². The highest BCUT2D eigenvalue weighted by Gasteiger charge is 2.49. The van der Waals surface area contributed by atoms with Crippen molar-refractivity contribution in [1.29, 1.82) is 0 Å². The van der Waals surface area contributed by atoms with Crippen LogP contribution in [0.5, 0.6) is 0 Å². The van der Waals surface area contributed by atoms with E-state index >= 15 is 0 Å². The molecular weight excluding hydrogens is 544 g/mol. The molecule has 16 heteroatoms. The predicted octanol–water partition coefficient (Wildman–Crippen LogP) is -3.56. The van der Waals surface area contributed by atoms with Crippen molar-refractivity contribution in [3.05, 3.63) is 0 Å². The van der Waals surface area contributed by atoms with Gasteiger partial charge >= 0.3 is 5.97 Å². The van der Waals surface area contributed by atoms with Gasteiger partial charge in [-0.3, -0.25) is 0 Å². The minimum absolute atomic E-state index is 0.00260. The lowest BCUT2D eigenvalue weighted by Crippen LogP contribution is -2.59. The van der Waals surface area contributed by atoms with Crippen LogP contribution in [0.1, 0.15) is 25.7 Å². The minimum atomic E-state index is -1.71. The van der Waals surface area contributed by atoms with E-state index in [1.54, 1.807) is 0 Å². The number of ether oxygens (including phenoxy) is 8. The Labute approximate surface area is 230 Å². The fourth-order valence-electron chi connectivity index (χ4n) is 5.41. The Morgan fingerprint density at radius 1 is 0.775 bits per heavy atom. The summed E-state index contributed by atoms with van der Waals surface area (Å²) in [5.74, 6) is -1.46. The highest BCUT2D eigenvalue weighted by molar-refractivity contribution is 5.73. The second-order valence-electron chi connectivity index (χ2n) is 10.4. The van der Waals surface area contributed by atoms with Gasteiger partial charge in [-0.15, -0.1) is 0 Å². The summed E-state index contributed by atoms with van der Waals surface area (Å²) in [4.78, 5) is 12.0. The number of carboxylic acid groups (broad SMARTS) is 1. The van der Waals surface area contributed by atoms with Crippen LogP contribution < -0.4 is 0 Å². The average Bonchev–Trinajstić information content (AvgIpc) is 2.91. The first kappa shape index (κ1) is 31.8. The van der Waals surface area contributed by atoms with E-state index in [0.717, 1.165) is 0 Å². The van der Waals surface area contributed by atoms with Gasteiger partial charge in [-0.2, -0.15) is 0 Å². The van der Waals surface area contributed by atoms with Crippen molar-refractivity contribution >= 4 is 5.97 Å². The lowest BCUT2D eigenvalue weighted by atomic mass is 9.98. The molecule has 4 aliphatic heterocycles. The third-order valence-corrected chi connectivity index (χ3v) is 7.45.